The Kier molecular flexibility index (Phi) is 3.89. The topological polar surface area (TPSA) is 46.3 Å². The minimum atomic E-state index is -0.0154. The predicted molar refractivity (Wildman–Crippen MR) is 69.4 cm³/mol. The summed E-state index contributed by atoms with van der Waals surface area (Å²) in [5.74, 6) is 0.314. The van der Waals surface area contributed by atoms with E-state index in [1.165, 1.54) is 0 Å². The minimum Gasteiger partial charge on any atom is -0.352 e. The Morgan fingerprint density at radius 1 is 1.28 bits per heavy atom. The Morgan fingerprint density at radius 2 is 2.00 bits per heavy atom. The Bertz CT molecular complexity index is 518. The fraction of sp³-hybridized carbons (Fsp3) is 0.286. The fourth-order valence-corrected chi connectivity index (χ4v) is 1.60. The van der Waals surface area contributed by atoms with E-state index in [4.69, 9.17) is 4.52 Å². The van der Waals surface area contributed by atoms with Crippen LogP contribution >= 0.6 is 0 Å². The monoisotopic (exact) mass is 244 g/mol. The molecule has 4 nitrogen and oxygen atoms in total. The van der Waals surface area contributed by atoms with Gasteiger partial charge in [0.05, 0.1) is 0 Å². The molecule has 0 amide bonds. The maximum absolute atomic E-state index is 11.8. The zero-order valence-electron chi connectivity index (χ0n) is 10.6. The van der Waals surface area contributed by atoms with Gasteiger partial charge in [-0.1, -0.05) is 35.5 Å². The lowest BCUT2D eigenvalue weighted by atomic mass is 10.1. The van der Waals surface area contributed by atoms with Gasteiger partial charge in [0.1, 0.15) is 5.69 Å². The predicted octanol–water partition coefficient (Wildman–Crippen LogP) is 2.48. The van der Waals surface area contributed by atoms with E-state index in [0.29, 0.717) is 24.4 Å². The van der Waals surface area contributed by atoms with Crippen molar-refractivity contribution in [2.24, 2.45) is 0 Å². The molecule has 0 aliphatic carbocycles. The van der Waals surface area contributed by atoms with Crippen LogP contribution in [0.25, 0.3) is 11.3 Å². The molecule has 94 valence electrons. The summed E-state index contributed by atoms with van der Waals surface area (Å²) in [7, 11) is 3.87. The lowest BCUT2D eigenvalue weighted by Crippen LogP contribution is -2.16. The van der Waals surface area contributed by atoms with E-state index >= 15 is 0 Å². The lowest BCUT2D eigenvalue weighted by Gasteiger charge is -2.06. The van der Waals surface area contributed by atoms with Gasteiger partial charge in [-0.3, -0.25) is 4.79 Å². The third kappa shape index (κ3) is 3.05. The first-order valence-electron chi connectivity index (χ1n) is 5.87. The lowest BCUT2D eigenvalue weighted by molar-refractivity contribution is 0.0936. The third-order valence-electron chi connectivity index (χ3n) is 2.64. The molecule has 0 aliphatic rings. The van der Waals surface area contributed by atoms with Crippen LogP contribution in [0.2, 0.25) is 0 Å². The summed E-state index contributed by atoms with van der Waals surface area (Å²) < 4.78 is 5.10. The van der Waals surface area contributed by atoms with Gasteiger partial charge in [0.15, 0.2) is 0 Å². The molecule has 0 saturated heterocycles. The molecule has 1 aromatic heterocycles. The van der Waals surface area contributed by atoms with Gasteiger partial charge in [-0.2, -0.15) is 0 Å². The van der Waals surface area contributed by atoms with Crippen LogP contribution in [0.4, 0.5) is 0 Å². The standard InChI is InChI=1S/C14H16N2O2/c1-16(2)9-8-13(17)14-10-12(15-18-14)11-6-4-3-5-7-11/h3-7,10H,8-9H2,1-2H3. The largest absolute Gasteiger partial charge is 0.352 e. The van der Waals surface area contributed by atoms with Crippen molar-refractivity contribution in [2.75, 3.05) is 20.6 Å². The van der Waals surface area contributed by atoms with Crippen LogP contribution in [0.5, 0.6) is 0 Å². The minimum absolute atomic E-state index is 0.0154. The Balaban J connectivity index is 2.09. The Morgan fingerprint density at radius 3 is 2.67 bits per heavy atom. The second-order valence-corrected chi connectivity index (χ2v) is 4.42. The normalized spacial score (nSPS) is 10.8. The zero-order valence-corrected chi connectivity index (χ0v) is 10.6. The molecular formula is C14H16N2O2. The third-order valence-corrected chi connectivity index (χ3v) is 2.64. The van der Waals surface area contributed by atoms with Gasteiger partial charge >= 0.3 is 0 Å². The first kappa shape index (κ1) is 12.5. The van der Waals surface area contributed by atoms with E-state index in [1.54, 1.807) is 6.07 Å². The van der Waals surface area contributed by atoms with Crippen LogP contribution in [0, 0.1) is 0 Å². The van der Waals surface area contributed by atoms with Crippen molar-refractivity contribution < 1.29 is 9.32 Å². The van der Waals surface area contributed by atoms with E-state index < -0.39 is 0 Å². The maximum Gasteiger partial charge on any atom is 0.203 e. The van der Waals surface area contributed by atoms with Gasteiger partial charge in [-0.05, 0) is 14.1 Å². The average molecular weight is 244 g/mol. The van der Waals surface area contributed by atoms with Gasteiger partial charge in [-0.25, -0.2) is 0 Å². The SMILES string of the molecule is CN(C)CCC(=O)c1cc(-c2ccccc2)no1. The second-order valence-electron chi connectivity index (χ2n) is 4.42. The zero-order chi connectivity index (χ0) is 13.0. The number of hydrogen-bond acceptors (Lipinski definition) is 4. The average Bonchev–Trinajstić information content (AvgIpc) is 2.86. The molecule has 2 rings (SSSR count). The van der Waals surface area contributed by atoms with E-state index in [1.807, 2.05) is 49.3 Å². The summed E-state index contributed by atoms with van der Waals surface area (Å²) in [4.78, 5) is 13.8. The summed E-state index contributed by atoms with van der Waals surface area (Å²) in [6.07, 6.45) is 0.441. The van der Waals surface area contributed by atoms with Crippen molar-refractivity contribution in [1.29, 1.82) is 0 Å². The van der Waals surface area contributed by atoms with Crippen molar-refractivity contribution >= 4 is 5.78 Å². The molecule has 18 heavy (non-hydrogen) atoms. The van der Waals surface area contributed by atoms with Gasteiger partial charge in [-0.15, -0.1) is 0 Å². The number of aromatic nitrogens is 1. The number of benzene rings is 1. The maximum atomic E-state index is 11.8. The molecule has 0 bridgehead atoms. The second kappa shape index (κ2) is 5.60. The van der Waals surface area contributed by atoms with Crippen LogP contribution in [0.1, 0.15) is 17.0 Å². The smallest absolute Gasteiger partial charge is 0.203 e. The van der Waals surface area contributed by atoms with Gasteiger partial charge in [0.25, 0.3) is 0 Å². The molecule has 0 atom stereocenters. The van der Waals surface area contributed by atoms with Crippen molar-refractivity contribution in [3.05, 3.63) is 42.2 Å². The number of nitrogens with zero attached hydrogens (tertiary/aromatic N) is 2. The van der Waals surface area contributed by atoms with Crippen LogP contribution in [0.3, 0.4) is 0 Å². The summed E-state index contributed by atoms with van der Waals surface area (Å²) in [6, 6.07) is 11.4. The number of ketones is 1. The van der Waals surface area contributed by atoms with E-state index in [9.17, 15) is 4.79 Å². The summed E-state index contributed by atoms with van der Waals surface area (Å²) >= 11 is 0. The van der Waals surface area contributed by atoms with E-state index in [0.717, 1.165) is 5.56 Å². The molecule has 1 aromatic carbocycles. The molecule has 0 aliphatic heterocycles. The van der Waals surface area contributed by atoms with E-state index in [-0.39, 0.29) is 5.78 Å². The van der Waals surface area contributed by atoms with Crippen molar-refractivity contribution in [2.45, 2.75) is 6.42 Å². The summed E-state index contributed by atoms with van der Waals surface area (Å²) in [6.45, 7) is 0.709. The van der Waals surface area contributed by atoms with Crippen LogP contribution in [0.15, 0.2) is 40.9 Å². The molecule has 0 fully saturated rings. The highest BCUT2D eigenvalue weighted by Crippen LogP contribution is 2.19. The quantitative estimate of drug-likeness (QED) is 0.758. The number of hydrogen-bond donors (Lipinski definition) is 0. The molecule has 2 aromatic rings. The highest BCUT2D eigenvalue weighted by molar-refractivity contribution is 5.94. The van der Waals surface area contributed by atoms with Gasteiger partial charge in [0.2, 0.25) is 11.5 Å². The highest BCUT2D eigenvalue weighted by atomic mass is 16.5. The molecule has 4 heteroatoms. The molecular weight excluding hydrogens is 228 g/mol. The van der Waals surface area contributed by atoms with Crippen molar-refractivity contribution in [1.82, 2.24) is 10.1 Å². The Hall–Kier alpha value is -1.94. The number of carbonyl (C=O) groups is 1. The van der Waals surface area contributed by atoms with Gasteiger partial charge < -0.3 is 9.42 Å². The molecule has 1 heterocycles. The first-order chi connectivity index (χ1) is 8.66. The van der Waals surface area contributed by atoms with Crippen LogP contribution < -0.4 is 0 Å². The fourth-order valence-electron chi connectivity index (χ4n) is 1.60. The molecule has 0 radical (unpaired) electrons. The summed E-state index contributed by atoms with van der Waals surface area (Å²) in [5.41, 5.74) is 1.65. The Labute approximate surface area is 106 Å². The number of Topliss-reactive ketones (excluding diaryl/α,β-unsaturated/α-hetero) is 1. The van der Waals surface area contributed by atoms with E-state index in [2.05, 4.69) is 5.16 Å². The molecule has 0 saturated carbocycles. The van der Waals surface area contributed by atoms with Crippen molar-refractivity contribution in [3.63, 3.8) is 0 Å². The van der Waals surface area contributed by atoms with Crippen LogP contribution in [-0.2, 0) is 0 Å². The number of rotatable bonds is 5. The number of carbonyl (C=O) groups excluding carboxylic acids is 1. The first-order valence-corrected chi connectivity index (χ1v) is 5.87. The highest BCUT2D eigenvalue weighted by Gasteiger charge is 2.13. The van der Waals surface area contributed by atoms with Crippen molar-refractivity contribution in [3.8, 4) is 11.3 Å². The molecule has 0 unspecified atom stereocenters. The molecule has 0 spiro atoms. The van der Waals surface area contributed by atoms with Crippen LogP contribution in [-0.4, -0.2) is 36.5 Å². The summed E-state index contributed by atoms with van der Waals surface area (Å²) in [5, 5.41) is 3.93. The molecule has 0 N–H and O–H groups in total. The van der Waals surface area contributed by atoms with Gasteiger partial charge in [0, 0.05) is 24.6 Å².